The van der Waals surface area contributed by atoms with Gasteiger partial charge >= 0.3 is 5.97 Å². The first-order valence-electron chi connectivity index (χ1n) is 5.47. The Labute approximate surface area is 95.9 Å². The van der Waals surface area contributed by atoms with Crippen LogP contribution in [0, 0.1) is 0 Å². The lowest BCUT2D eigenvalue weighted by Crippen LogP contribution is -2.39. The number of nitrogens with zero attached hydrogens (tertiary/aromatic N) is 2. The number of hydrogen-bond acceptors (Lipinski definition) is 3. The minimum Gasteiger partial charge on any atom is -0.480 e. The molecule has 4 heteroatoms. The molecule has 0 aliphatic heterocycles. The maximum absolute atomic E-state index is 10.9. The number of likely N-dealkylation sites (N-methyl/N-ethyl adjacent to an activating group) is 1. The van der Waals surface area contributed by atoms with E-state index in [9.17, 15) is 4.79 Å². The van der Waals surface area contributed by atoms with Gasteiger partial charge in [-0.05, 0) is 37.6 Å². The molecule has 1 heterocycles. The van der Waals surface area contributed by atoms with Crippen LogP contribution in [0.1, 0.15) is 18.9 Å². The standard InChI is InChI=1S/C12H18N2O2/c1-3-11(12(15)16)14(2)9-6-10-4-7-13-8-5-10/h4-5,7-8,11H,3,6,9H2,1-2H3,(H,15,16). The Morgan fingerprint density at radius 2 is 2.12 bits per heavy atom. The van der Waals surface area contributed by atoms with Crippen LogP contribution in [0.15, 0.2) is 24.5 Å². The smallest absolute Gasteiger partial charge is 0.320 e. The quantitative estimate of drug-likeness (QED) is 0.791. The van der Waals surface area contributed by atoms with Crippen LogP contribution in [0.4, 0.5) is 0 Å². The molecule has 1 atom stereocenters. The van der Waals surface area contributed by atoms with Gasteiger partial charge in [0.1, 0.15) is 6.04 Å². The Morgan fingerprint density at radius 3 is 2.62 bits per heavy atom. The van der Waals surface area contributed by atoms with Crippen molar-refractivity contribution in [1.82, 2.24) is 9.88 Å². The summed E-state index contributed by atoms with van der Waals surface area (Å²) in [4.78, 5) is 16.8. The molecule has 88 valence electrons. The van der Waals surface area contributed by atoms with Crippen LogP contribution in [0.2, 0.25) is 0 Å². The van der Waals surface area contributed by atoms with E-state index in [-0.39, 0.29) is 6.04 Å². The summed E-state index contributed by atoms with van der Waals surface area (Å²) in [7, 11) is 1.85. The van der Waals surface area contributed by atoms with Gasteiger partial charge in [-0.15, -0.1) is 0 Å². The maximum Gasteiger partial charge on any atom is 0.320 e. The molecular weight excluding hydrogens is 204 g/mol. The van der Waals surface area contributed by atoms with E-state index >= 15 is 0 Å². The third-order valence-corrected chi connectivity index (χ3v) is 2.71. The van der Waals surface area contributed by atoms with E-state index in [2.05, 4.69) is 4.98 Å². The second-order valence-electron chi connectivity index (χ2n) is 3.85. The molecule has 1 rings (SSSR count). The lowest BCUT2D eigenvalue weighted by Gasteiger charge is -2.23. The van der Waals surface area contributed by atoms with Crippen molar-refractivity contribution >= 4 is 5.97 Å². The fourth-order valence-corrected chi connectivity index (χ4v) is 1.69. The number of aromatic nitrogens is 1. The predicted octanol–water partition coefficient (Wildman–Crippen LogP) is 1.42. The Bertz CT molecular complexity index is 327. The van der Waals surface area contributed by atoms with Crippen molar-refractivity contribution in [3.8, 4) is 0 Å². The zero-order valence-electron chi connectivity index (χ0n) is 9.76. The van der Waals surface area contributed by atoms with Crippen LogP contribution < -0.4 is 0 Å². The van der Waals surface area contributed by atoms with Crippen molar-refractivity contribution in [1.29, 1.82) is 0 Å². The highest BCUT2D eigenvalue weighted by Crippen LogP contribution is 2.05. The summed E-state index contributed by atoms with van der Waals surface area (Å²) < 4.78 is 0. The van der Waals surface area contributed by atoms with Crippen LogP contribution in [0.5, 0.6) is 0 Å². The number of pyridine rings is 1. The van der Waals surface area contributed by atoms with E-state index in [0.717, 1.165) is 13.0 Å². The van der Waals surface area contributed by atoms with E-state index in [1.165, 1.54) is 5.56 Å². The zero-order chi connectivity index (χ0) is 12.0. The second-order valence-corrected chi connectivity index (χ2v) is 3.85. The van der Waals surface area contributed by atoms with Crippen LogP contribution >= 0.6 is 0 Å². The molecule has 1 aromatic rings. The van der Waals surface area contributed by atoms with E-state index in [0.29, 0.717) is 6.42 Å². The van der Waals surface area contributed by atoms with Crippen molar-refractivity contribution < 1.29 is 9.90 Å². The van der Waals surface area contributed by atoms with E-state index < -0.39 is 5.97 Å². The van der Waals surface area contributed by atoms with Gasteiger partial charge in [-0.3, -0.25) is 14.7 Å². The number of carboxylic acid groups (broad SMARTS) is 1. The molecule has 16 heavy (non-hydrogen) atoms. The van der Waals surface area contributed by atoms with E-state index in [4.69, 9.17) is 5.11 Å². The average molecular weight is 222 g/mol. The first kappa shape index (κ1) is 12.6. The third-order valence-electron chi connectivity index (χ3n) is 2.71. The highest BCUT2D eigenvalue weighted by Gasteiger charge is 2.19. The molecule has 0 bridgehead atoms. The molecule has 0 spiro atoms. The number of carboxylic acids is 1. The van der Waals surface area contributed by atoms with Crippen molar-refractivity contribution in [2.75, 3.05) is 13.6 Å². The van der Waals surface area contributed by atoms with Gasteiger partial charge in [0.15, 0.2) is 0 Å². The first-order valence-corrected chi connectivity index (χ1v) is 5.47. The molecule has 0 saturated carbocycles. The molecule has 0 aliphatic rings. The SMILES string of the molecule is CCC(C(=O)O)N(C)CCc1ccncc1. The van der Waals surface area contributed by atoms with Gasteiger partial charge in [0.05, 0.1) is 0 Å². The van der Waals surface area contributed by atoms with E-state index in [1.54, 1.807) is 12.4 Å². The van der Waals surface area contributed by atoms with Crippen molar-refractivity contribution in [2.24, 2.45) is 0 Å². The van der Waals surface area contributed by atoms with Gasteiger partial charge in [0, 0.05) is 18.9 Å². The Balaban J connectivity index is 2.46. The van der Waals surface area contributed by atoms with Crippen LogP contribution in [0.3, 0.4) is 0 Å². The minimum atomic E-state index is -0.750. The fourth-order valence-electron chi connectivity index (χ4n) is 1.69. The Hall–Kier alpha value is -1.42. The van der Waals surface area contributed by atoms with E-state index in [1.807, 2.05) is 31.0 Å². The summed E-state index contributed by atoms with van der Waals surface area (Å²) in [6.45, 7) is 2.64. The number of aliphatic carboxylic acids is 1. The summed E-state index contributed by atoms with van der Waals surface area (Å²) in [5.74, 6) is -0.750. The van der Waals surface area contributed by atoms with Crippen molar-refractivity contribution in [3.05, 3.63) is 30.1 Å². The lowest BCUT2D eigenvalue weighted by molar-refractivity contribution is -0.142. The summed E-state index contributed by atoms with van der Waals surface area (Å²) in [5, 5.41) is 8.99. The van der Waals surface area contributed by atoms with Gasteiger partial charge in [-0.25, -0.2) is 0 Å². The summed E-state index contributed by atoms with van der Waals surface area (Å²) >= 11 is 0. The second kappa shape index (κ2) is 6.23. The number of hydrogen-bond donors (Lipinski definition) is 1. The summed E-state index contributed by atoms with van der Waals surface area (Å²) in [6, 6.07) is 3.52. The highest BCUT2D eigenvalue weighted by molar-refractivity contribution is 5.73. The molecule has 1 N–H and O–H groups in total. The summed E-state index contributed by atoms with van der Waals surface area (Å²) in [5.41, 5.74) is 1.18. The third kappa shape index (κ3) is 3.62. The predicted molar refractivity (Wildman–Crippen MR) is 62.3 cm³/mol. The van der Waals surface area contributed by atoms with Crippen LogP contribution in [0.25, 0.3) is 0 Å². The Kier molecular flexibility index (Phi) is 4.92. The van der Waals surface area contributed by atoms with Gasteiger partial charge < -0.3 is 5.11 Å². The van der Waals surface area contributed by atoms with Crippen LogP contribution in [-0.2, 0) is 11.2 Å². The molecule has 0 aromatic carbocycles. The van der Waals surface area contributed by atoms with Gasteiger partial charge in [-0.2, -0.15) is 0 Å². The normalized spacial score (nSPS) is 12.7. The minimum absolute atomic E-state index is 0.387. The van der Waals surface area contributed by atoms with Gasteiger partial charge in [-0.1, -0.05) is 6.92 Å². The average Bonchev–Trinajstić information content (AvgIpc) is 2.28. The fraction of sp³-hybridized carbons (Fsp3) is 0.500. The zero-order valence-corrected chi connectivity index (χ0v) is 9.76. The maximum atomic E-state index is 10.9. The molecule has 1 unspecified atom stereocenters. The monoisotopic (exact) mass is 222 g/mol. The van der Waals surface area contributed by atoms with Crippen molar-refractivity contribution in [2.45, 2.75) is 25.8 Å². The molecule has 1 aromatic heterocycles. The summed E-state index contributed by atoms with van der Waals surface area (Å²) in [6.07, 6.45) is 4.98. The first-order chi connectivity index (χ1) is 7.65. The molecule has 0 fully saturated rings. The molecule has 0 amide bonds. The van der Waals surface area contributed by atoms with Crippen molar-refractivity contribution in [3.63, 3.8) is 0 Å². The molecule has 0 aliphatic carbocycles. The van der Waals surface area contributed by atoms with Gasteiger partial charge in [0.2, 0.25) is 0 Å². The van der Waals surface area contributed by atoms with Gasteiger partial charge in [0.25, 0.3) is 0 Å². The van der Waals surface area contributed by atoms with Crippen LogP contribution in [-0.4, -0.2) is 40.6 Å². The number of rotatable bonds is 6. The molecule has 4 nitrogen and oxygen atoms in total. The molecule has 0 saturated heterocycles. The molecule has 0 radical (unpaired) electrons. The topological polar surface area (TPSA) is 53.4 Å². The highest BCUT2D eigenvalue weighted by atomic mass is 16.4. The number of carbonyl (C=O) groups is 1. The molecular formula is C12H18N2O2. The Morgan fingerprint density at radius 1 is 1.50 bits per heavy atom. The largest absolute Gasteiger partial charge is 0.480 e. The lowest BCUT2D eigenvalue weighted by atomic mass is 10.1.